The minimum Gasteiger partial charge on any atom is -0.343 e. The second-order valence-corrected chi connectivity index (χ2v) is 11.1. The average Bonchev–Trinajstić information content (AvgIpc) is 3.37. The fourth-order valence-corrected chi connectivity index (χ4v) is 6.09. The van der Waals surface area contributed by atoms with Crippen LogP contribution in [0.2, 0.25) is 0 Å². The molecule has 0 bridgehead atoms. The number of anilines is 1. The topological polar surface area (TPSA) is 95.6 Å². The molecule has 7 nitrogen and oxygen atoms in total. The van der Waals surface area contributed by atoms with Crippen LogP contribution in [0.4, 0.5) is 10.5 Å². The molecule has 1 aromatic rings. The van der Waals surface area contributed by atoms with E-state index in [2.05, 4.69) is 23.0 Å². The molecule has 2 aliphatic carbocycles. The molecule has 31 heavy (non-hydrogen) atoms. The van der Waals surface area contributed by atoms with Gasteiger partial charge in [-0.15, -0.1) is 0 Å². The van der Waals surface area contributed by atoms with Gasteiger partial charge in [-0.3, -0.25) is 4.79 Å². The molecule has 0 radical (unpaired) electrons. The van der Waals surface area contributed by atoms with E-state index in [4.69, 9.17) is 0 Å². The number of amides is 3. The van der Waals surface area contributed by atoms with Gasteiger partial charge in [0, 0.05) is 25.2 Å². The number of nitrogens with one attached hydrogen (secondary N) is 2. The molecule has 1 saturated heterocycles. The number of likely N-dealkylation sites (tertiary alicyclic amines) is 1. The van der Waals surface area contributed by atoms with Crippen molar-refractivity contribution in [3.8, 4) is 0 Å². The quantitative estimate of drug-likeness (QED) is 0.700. The second-order valence-electron chi connectivity index (χ2n) is 9.28. The maximum absolute atomic E-state index is 12.5. The molecule has 1 aliphatic heterocycles. The summed E-state index contributed by atoms with van der Waals surface area (Å²) >= 11 is 0. The second kappa shape index (κ2) is 9.18. The first-order valence-electron chi connectivity index (χ1n) is 11.6. The van der Waals surface area contributed by atoms with E-state index in [1.165, 1.54) is 11.1 Å². The van der Waals surface area contributed by atoms with Gasteiger partial charge in [-0.25, -0.2) is 17.9 Å². The standard InChI is InChI=1S/C23H33N3O4S/c1-16-10-12-26(13-11-16)21(27)9-4-14-31(29,30)25-23(28)24-22-19-7-2-5-17(19)15-18-6-3-8-20(18)22/h15-16H,2-14H2,1H3,(H2,24,25,28). The highest BCUT2D eigenvalue weighted by Gasteiger charge is 2.26. The lowest BCUT2D eigenvalue weighted by Gasteiger charge is -2.30. The van der Waals surface area contributed by atoms with E-state index in [0.717, 1.165) is 81.3 Å². The normalized spacial score (nSPS) is 18.5. The number of aryl methyl sites for hydroxylation is 2. The summed E-state index contributed by atoms with van der Waals surface area (Å²) < 4.78 is 26.9. The molecule has 3 aliphatic rings. The summed E-state index contributed by atoms with van der Waals surface area (Å²) in [5, 5.41) is 2.85. The Morgan fingerprint density at radius 1 is 1.03 bits per heavy atom. The molecule has 4 rings (SSSR count). The third-order valence-corrected chi connectivity index (χ3v) is 8.22. The van der Waals surface area contributed by atoms with Gasteiger partial charge in [0.05, 0.1) is 5.75 Å². The lowest BCUT2D eigenvalue weighted by molar-refractivity contribution is -0.132. The van der Waals surface area contributed by atoms with Gasteiger partial charge in [-0.2, -0.15) is 0 Å². The van der Waals surface area contributed by atoms with Gasteiger partial charge in [0.25, 0.3) is 0 Å². The Hall–Kier alpha value is -2.09. The predicted octanol–water partition coefficient (Wildman–Crippen LogP) is 3.15. The van der Waals surface area contributed by atoms with Crippen LogP contribution in [0.3, 0.4) is 0 Å². The maximum Gasteiger partial charge on any atom is 0.332 e. The van der Waals surface area contributed by atoms with Crippen molar-refractivity contribution in [1.82, 2.24) is 9.62 Å². The number of piperidine rings is 1. The highest BCUT2D eigenvalue weighted by atomic mass is 32.2. The van der Waals surface area contributed by atoms with Gasteiger partial charge < -0.3 is 10.2 Å². The van der Waals surface area contributed by atoms with Crippen molar-refractivity contribution in [2.24, 2.45) is 5.92 Å². The van der Waals surface area contributed by atoms with Crippen molar-refractivity contribution in [1.29, 1.82) is 0 Å². The van der Waals surface area contributed by atoms with Crippen molar-refractivity contribution < 1.29 is 18.0 Å². The van der Waals surface area contributed by atoms with E-state index < -0.39 is 16.1 Å². The Morgan fingerprint density at radius 2 is 1.65 bits per heavy atom. The fraction of sp³-hybridized carbons (Fsp3) is 0.652. The Morgan fingerprint density at radius 3 is 2.26 bits per heavy atom. The number of rotatable bonds is 6. The summed E-state index contributed by atoms with van der Waals surface area (Å²) in [5.74, 6) is 0.405. The number of sulfonamides is 1. The largest absolute Gasteiger partial charge is 0.343 e. The minimum atomic E-state index is -3.80. The zero-order valence-corrected chi connectivity index (χ0v) is 19.2. The van der Waals surface area contributed by atoms with E-state index in [-0.39, 0.29) is 24.5 Å². The summed E-state index contributed by atoms with van der Waals surface area (Å²) in [6.07, 6.45) is 8.40. The molecule has 0 aromatic heterocycles. The molecule has 1 fully saturated rings. The van der Waals surface area contributed by atoms with Gasteiger partial charge in [0.15, 0.2) is 0 Å². The first-order chi connectivity index (χ1) is 14.8. The fourth-order valence-electron chi connectivity index (χ4n) is 5.13. The third-order valence-electron chi connectivity index (χ3n) is 6.90. The molecule has 0 spiro atoms. The smallest absolute Gasteiger partial charge is 0.332 e. The predicted molar refractivity (Wildman–Crippen MR) is 121 cm³/mol. The van der Waals surface area contributed by atoms with Crippen molar-refractivity contribution in [2.45, 2.75) is 71.1 Å². The van der Waals surface area contributed by atoms with Crippen LogP contribution in [-0.4, -0.2) is 44.1 Å². The van der Waals surface area contributed by atoms with Gasteiger partial charge in [0.2, 0.25) is 15.9 Å². The van der Waals surface area contributed by atoms with Crippen LogP contribution in [0.5, 0.6) is 0 Å². The molecule has 170 valence electrons. The number of carbonyl (C=O) groups is 2. The van der Waals surface area contributed by atoms with E-state index in [9.17, 15) is 18.0 Å². The summed E-state index contributed by atoms with van der Waals surface area (Å²) in [6, 6.07) is 1.57. The summed E-state index contributed by atoms with van der Waals surface area (Å²) in [7, 11) is -3.80. The molecule has 2 N–H and O–H groups in total. The van der Waals surface area contributed by atoms with Gasteiger partial charge in [0.1, 0.15) is 0 Å². The van der Waals surface area contributed by atoms with Gasteiger partial charge in [-0.1, -0.05) is 13.0 Å². The monoisotopic (exact) mass is 447 g/mol. The molecular weight excluding hydrogens is 414 g/mol. The highest BCUT2D eigenvalue weighted by Crippen LogP contribution is 2.38. The zero-order valence-electron chi connectivity index (χ0n) is 18.3. The van der Waals surface area contributed by atoms with E-state index >= 15 is 0 Å². The number of urea groups is 1. The number of hydrogen-bond donors (Lipinski definition) is 2. The van der Waals surface area contributed by atoms with Crippen molar-refractivity contribution in [3.63, 3.8) is 0 Å². The van der Waals surface area contributed by atoms with E-state index in [1.54, 1.807) is 0 Å². The van der Waals surface area contributed by atoms with Crippen LogP contribution in [0.25, 0.3) is 0 Å². The zero-order chi connectivity index (χ0) is 22.0. The van der Waals surface area contributed by atoms with Gasteiger partial charge in [-0.05, 0) is 86.0 Å². The third kappa shape index (κ3) is 5.22. The first kappa shape index (κ1) is 22.1. The number of carbonyl (C=O) groups excluding carboxylic acids is 2. The maximum atomic E-state index is 12.5. The summed E-state index contributed by atoms with van der Waals surface area (Å²) in [5.41, 5.74) is 5.71. The Labute approximate surface area is 185 Å². The lowest BCUT2D eigenvalue weighted by Crippen LogP contribution is -2.39. The van der Waals surface area contributed by atoms with Crippen molar-refractivity contribution >= 4 is 27.6 Å². The van der Waals surface area contributed by atoms with Crippen LogP contribution < -0.4 is 10.0 Å². The van der Waals surface area contributed by atoms with Gasteiger partial charge >= 0.3 is 6.03 Å². The molecule has 0 unspecified atom stereocenters. The Kier molecular flexibility index (Phi) is 6.55. The minimum absolute atomic E-state index is 0.00182. The number of benzene rings is 1. The number of fused-ring (bicyclic) bond motifs is 2. The average molecular weight is 448 g/mol. The van der Waals surface area contributed by atoms with Crippen LogP contribution in [0.1, 0.15) is 67.7 Å². The molecule has 3 amide bonds. The summed E-state index contributed by atoms with van der Waals surface area (Å²) in [6.45, 7) is 3.68. The van der Waals surface area contributed by atoms with E-state index in [1.807, 2.05) is 4.90 Å². The molecule has 0 saturated carbocycles. The first-order valence-corrected chi connectivity index (χ1v) is 13.2. The van der Waals surface area contributed by atoms with Crippen LogP contribution in [0, 0.1) is 5.92 Å². The van der Waals surface area contributed by atoms with Crippen molar-refractivity contribution in [2.75, 3.05) is 24.2 Å². The molecule has 8 heteroatoms. The van der Waals surface area contributed by atoms with Crippen molar-refractivity contribution in [3.05, 3.63) is 28.3 Å². The molecule has 0 atom stereocenters. The van der Waals surface area contributed by atoms with E-state index in [0.29, 0.717) is 5.92 Å². The summed E-state index contributed by atoms with van der Waals surface area (Å²) in [4.78, 5) is 26.7. The SMILES string of the molecule is CC1CCN(C(=O)CCCS(=O)(=O)NC(=O)Nc2c3c(cc4c2CCC4)CCC3)CC1. The molecule has 1 aromatic carbocycles. The van der Waals surface area contributed by atoms with Crippen LogP contribution in [-0.2, 0) is 40.5 Å². The highest BCUT2D eigenvalue weighted by molar-refractivity contribution is 7.90. The van der Waals surface area contributed by atoms with Crippen LogP contribution >= 0.6 is 0 Å². The molecule has 1 heterocycles. The Balaban J connectivity index is 1.30. The van der Waals surface area contributed by atoms with Crippen LogP contribution in [0.15, 0.2) is 6.07 Å². The number of nitrogens with zero attached hydrogens (tertiary/aromatic N) is 1. The number of hydrogen-bond acceptors (Lipinski definition) is 4. The Bertz CT molecular complexity index is 933. The molecular formula is C23H33N3O4S. The lowest BCUT2D eigenvalue weighted by atomic mass is 9.99.